The summed E-state index contributed by atoms with van der Waals surface area (Å²) in [6.07, 6.45) is 0. The normalized spacial score (nSPS) is 9.92. The summed E-state index contributed by atoms with van der Waals surface area (Å²) in [5.41, 5.74) is 0. The Bertz CT molecular complexity index is 247. The molecule has 0 atom stereocenters. The Hall–Kier alpha value is -0.940. The number of anilines is 1. The topological polar surface area (TPSA) is 70.9 Å². The van der Waals surface area contributed by atoms with Crippen LogP contribution in [0.2, 0.25) is 5.28 Å². The molecule has 0 aliphatic heterocycles. The van der Waals surface area contributed by atoms with E-state index in [0.717, 1.165) is 0 Å². The second kappa shape index (κ2) is 4.18. The molecule has 0 spiro atoms. The van der Waals surface area contributed by atoms with Crippen molar-refractivity contribution in [2.24, 2.45) is 0 Å². The van der Waals surface area contributed by atoms with Crippen LogP contribution in [0.5, 0.6) is 0 Å². The van der Waals surface area contributed by atoms with Gasteiger partial charge < -0.3 is 10.4 Å². The Morgan fingerprint density at radius 1 is 1.42 bits per heavy atom. The highest BCUT2D eigenvalue weighted by molar-refractivity contribution is 6.28. The van der Waals surface area contributed by atoms with Crippen molar-refractivity contribution < 1.29 is 5.11 Å². The standard InChI is InChI=1S/C6H9ClN4O/c1-4-9-5(7)11-6(10-4)8-2-3-12/h12H,2-3H2,1H3,(H,8,9,10,11). The summed E-state index contributed by atoms with van der Waals surface area (Å²) in [6.45, 7) is 2.15. The second-order valence-corrected chi connectivity index (χ2v) is 2.46. The molecule has 66 valence electrons. The van der Waals surface area contributed by atoms with E-state index in [2.05, 4.69) is 20.3 Å². The van der Waals surface area contributed by atoms with Gasteiger partial charge in [-0.1, -0.05) is 0 Å². The quantitative estimate of drug-likeness (QED) is 0.711. The Kier molecular flexibility index (Phi) is 3.19. The molecule has 0 amide bonds. The van der Waals surface area contributed by atoms with Gasteiger partial charge >= 0.3 is 0 Å². The second-order valence-electron chi connectivity index (χ2n) is 2.13. The number of rotatable bonds is 3. The summed E-state index contributed by atoms with van der Waals surface area (Å²) in [4.78, 5) is 11.5. The van der Waals surface area contributed by atoms with Gasteiger partial charge in [-0.25, -0.2) is 4.98 Å². The van der Waals surface area contributed by atoms with Crippen molar-refractivity contribution in [3.05, 3.63) is 11.1 Å². The van der Waals surface area contributed by atoms with Gasteiger partial charge in [-0.2, -0.15) is 9.97 Å². The Morgan fingerprint density at radius 3 is 2.75 bits per heavy atom. The molecule has 0 unspecified atom stereocenters. The van der Waals surface area contributed by atoms with Crippen molar-refractivity contribution in [3.8, 4) is 0 Å². The average Bonchev–Trinajstić information content (AvgIpc) is 1.99. The number of aliphatic hydroxyl groups excluding tert-OH is 1. The minimum Gasteiger partial charge on any atom is -0.395 e. The van der Waals surface area contributed by atoms with E-state index in [-0.39, 0.29) is 11.9 Å². The summed E-state index contributed by atoms with van der Waals surface area (Å²) in [6, 6.07) is 0. The van der Waals surface area contributed by atoms with E-state index in [0.29, 0.717) is 18.3 Å². The van der Waals surface area contributed by atoms with Crippen LogP contribution in [0.4, 0.5) is 5.95 Å². The maximum atomic E-state index is 8.50. The number of halogens is 1. The van der Waals surface area contributed by atoms with Crippen molar-refractivity contribution in [1.82, 2.24) is 15.0 Å². The van der Waals surface area contributed by atoms with E-state index in [4.69, 9.17) is 16.7 Å². The van der Waals surface area contributed by atoms with Crippen molar-refractivity contribution in [3.63, 3.8) is 0 Å². The number of aliphatic hydroxyl groups is 1. The van der Waals surface area contributed by atoms with E-state index in [1.54, 1.807) is 6.92 Å². The van der Waals surface area contributed by atoms with E-state index >= 15 is 0 Å². The summed E-state index contributed by atoms with van der Waals surface area (Å²) in [5, 5.41) is 11.4. The summed E-state index contributed by atoms with van der Waals surface area (Å²) in [7, 11) is 0. The minimum atomic E-state index is 0.0301. The maximum absolute atomic E-state index is 8.50. The molecule has 1 heterocycles. The van der Waals surface area contributed by atoms with Gasteiger partial charge in [0.2, 0.25) is 11.2 Å². The molecule has 0 radical (unpaired) electrons. The van der Waals surface area contributed by atoms with Crippen LogP contribution in [0.1, 0.15) is 5.82 Å². The first-order valence-corrected chi connectivity index (χ1v) is 3.83. The third kappa shape index (κ3) is 2.60. The van der Waals surface area contributed by atoms with Gasteiger partial charge in [0, 0.05) is 6.54 Å². The van der Waals surface area contributed by atoms with E-state index < -0.39 is 0 Å². The van der Waals surface area contributed by atoms with Crippen molar-refractivity contribution >= 4 is 17.5 Å². The fourth-order valence-electron chi connectivity index (χ4n) is 0.696. The molecule has 0 bridgehead atoms. The molecule has 0 aliphatic carbocycles. The lowest BCUT2D eigenvalue weighted by Crippen LogP contribution is -2.09. The Morgan fingerprint density at radius 2 is 2.17 bits per heavy atom. The van der Waals surface area contributed by atoms with Crippen LogP contribution in [0, 0.1) is 6.92 Å². The lowest BCUT2D eigenvalue weighted by molar-refractivity contribution is 0.310. The van der Waals surface area contributed by atoms with Crippen molar-refractivity contribution in [2.45, 2.75) is 6.92 Å². The minimum absolute atomic E-state index is 0.0301. The number of aromatic nitrogens is 3. The SMILES string of the molecule is Cc1nc(Cl)nc(NCCO)n1. The molecule has 2 N–H and O–H groups in total. The summed E-state index contributed by atoms with van der Waals surface area (Å²) < 4.78 is 0. The largest absolute Gasteiger partial charge is 0.395 e. The smallest absolute Gasteiger partial charge is 0.227 e. The van der Waals surface area contributed by atoms with Crippen LogP contribution < -0.4 is 5.32 Å². The Labute approximate surface area is 74.8 Å². The van der Waals surface area contributed by atoms with E-state index in [9.17, 15) is 0 Å². The highest BCUT2D eigenvalue weighted by Gasteiger charge is 1.99. The molecule has 1 aromatic heterocycles. The lowest BCUT2D eigenvalue weighted by atomic mass is 10.6. The fraction of sp³-hybridized carbons (Fsp3) is 0.500. The number of aryl methyl sites for hydroxylation is 1. The van der Waals surface area contributed by atoms with Gasteiger partial charge in [0.15, 0.2) is 0 Å². The van der Waals surface area contributed by atoms with Crippen molar-refractivity contribution in [2.75, 3.05) is 18.5 Å². The van der Waals surface area contributed by atoms with Crippen LogP contribution in [0.3, 0.4) is 0 Å². The first-order chi connectivity index (χ1) is 5.72. The van der Waals surface area contributed by atoms with E-state index in [1.165, 1.54) is 0 Å². The number of nitrogens with one attached hydrogen (secondary N) is 1. The summed E-state index contributed by atoms with van der Waals surface area (Å²) >= 11 is 5.56. The van der Waals surface area contributed by atoms with Gasteiger partial charge in [-0.05, 0) is 18.5 Å². The van der Waals surface area contributed by atoms with Crippen LogP contribution in [-0.4, -0.2) is 33.2 Å². The molecule has 0 saturated carbocycles. The zero-order valence-corrected chi connectivity index (χ0v) is 7.34. The number of nitrogens with zero attached hydrogens (tertiary/aromatic N) is 3. The lowest BCUT2D eigenvalue weighted by Gasteiger charge is -2.02. The van der Waals surface area contributed by atoms with Gasteiger partial charge in [-0.3, -0.25) is 0 Å². The molecular weight excluding hydrogens is 180 g/mol. The average molecular weight is 189 g/mol. The van der Waals surface area contributed by atoms with Gasteiger partial charge in [0.25, 0.3) is 0 Å². The van der Waals surface area contributed by atoms with Crippen molar-refractivity contribution in [1.29, 1.82) is 0 Å². The predicted octanol–water partition coefficient (Wildman–Crippen LogP) is 0.238. The highest BCUT2D eigenvalue weighted by Crippen LogP contribution is 2.04. The third-order valence-corrected chi connectivity index (χ3v) is 1.28. The first-order valence-electron chi connectivity index (χ1n) is 3.45. The van der Waals surface area contributed by atoms with Gasteiger partial charge in [0.1, 0.15) is 5.82 Å². The molecule has 6 heteroatoms. The number of hydrogen-bond acceptors (Lipinski definition) is 5. The molecule has 0 aliphatic rings. The monoisotopic (exact) mass is 188 g/mol. The summed E-state index contributed by atoms with van der Waals surface area (Å²) in [5.74, 6) is 0.942. The first kappa shape index (κ1) is 9.15. The molecule has 0 saturated heterocycles. The number of hydrogen-bond donors (Lipinski definition) is 2. The van der Waals surface area contributed by atoms with Crippen LogP contribution in [0.25, 0.3) is 0 Å². The van der Waals surface area contributed by atoms with Crippen LogP contribution >= 0.6 is 11.6 Å². The van der Waals surface area contributed by atoms with Gasteiger partial charge in [-0.15, -0.1) is 0 Å². The predicted molar refractivity (Wildman–Crippen MR) is 45.1 cm³/mol. The Balaban J connectivity index is 2.72. The fourth-order valence-corrected chi connectivity index (χ4v) is 0.898. The third-order valence-electron chi connectivity index (χ3n) is 1.11. The molecule has 5 nitrogen and oxygen atoms in total. The molecule has 1 aromatic rings. The molecule has 0 aromatic carbocycles. The molecule has 1 rings (SSSR count). The molecular formula is C6H9ClN4O. The van der Waals surface area contributed by atoms with Crippen LogP contribution in [-0.2, 0) is 0 Å². The van der Waals surface area contributed by atoms with Crippen LogP contribution in [0.15, 0.2) is 0 Å². The zero-order valence-electron chi connectivity index (χ0n) is 6.58. The molecule has 12 heavy (non-hydrogen) atoms. The van der Waals surface area contributed by atoms with E-state index in [1.807, 2.05) is 0 Å². The zero-order chi connectivity index (χ0) is 8.97. The highest BCUT2D eigenvalue weighted by atomic mass is 35.5. The maximum Gasteiger partial charge on any atom is 0.227 e. The van der Waals surface area contributed by atoms with Gasteiger partial charge in [0.05, 0.1) is 6.61 Å². The molecule has 0 fully saturated rings.